The smallest absolute Gasteiger partial charge is 0.278 e. The molecule has 0 N–H and O–H groups in total. The average molecular weight is 312 g/mol. The Morgan fingerprint density at radius 1 is 0.950 bits per heavy atom. The van der Waals surface area contributed by atoms with Gasteiger partial charge >= 0.3 is 0 Å². The second-order valence-electron chi connectivity index (χ2n) is 4.19. The summed E-state index contributed by atoms with van der Waals surface area (Å²) in [5, 5.41) is 3.84. The van der Waals surface area contributed by atoms with Crippen LogP contribution >= 0.6 is 0 Å². The Morgan fingerprint density at radius 2 is 1.50 bits per heavy atom. The molecule has 0 saturated heterocycles. The Labute approximate surface area is 116 Å². The van der Waals surface area contributed by atoms with Crippen molar-refractivity contribution in [1.29, 1.82) is 0 Å². The van der Waals surface area contributed by atoms with Crippen LogP contribution in [-0.2, 0) is 13.0 Å². The van der Waals surface area contributed by atoms with Gasteiger partial charge in [-0.25, -0.2) is 17.7 Å². The molecule has 0 bridgehead atoms. The topological polar surface area (TPSA) is 21.7 Å². The zero-order valence-corrected chi connectivity index (χ0v) is 10.6. The van der Waals surface area contributed by atoms with Crippen molar-refractivity contribution >= 4 is 0 Å². The van der Waals surface area contributed by atoms with Crippen LogP contribution in [0.3, 0.4) is 0 Å². The van der Waals surface area contributed by atoms with E-state index in [1.165, 1.54) is 6.33 Å². The summed E-state index contributed by atoms with van der Waals surface area (Å²) >= 11 is 0. The highest BCUT2D eigenvalue weighted by Crippen LogP contribution is 2.25. The molecule has 0 atom stereocenters. The number of halogens is 6. The van der Waals surface area contributed by atoms with Gasteiger partial charge in [0.25, 0.3) is 5.82 Å². The van der Waals surface area contributed by atoms with E-state index in [1.54, 1.807) is 4.57 Å². The van der Waals surface area contributed by atoms with Crippen molar-refractivity contribution in [2.45, 2.75) is 19.4 Å². The summed E-state index contributed by atoms with van der Waals surface area (Å²) in [6, 6.07) is 0. The molecule has 1 aliphatic heterocycles. The van der Waals surface area contributed by atoms with E-state index >= 15 is 0 Å². The third-order valence-corrected chi connectivity index (χ3v) is 3.02. The molecule has 0 unspecified atom stereocenters. The Hall–Kier alpha value is -1.70. The third-order valence-electron chi connectivity index (χ3n) is 3.02. The number of nitrogens with zero attached hydrogens (tertiary/aromatic N) is 3. The molecule has 20 heavy (non-hydrogen) atoms. The average Bonchev–Trinajstić information content (AvgIpc) is 2.95. The monoisotopic (exact) mass is 311 g/mol. The molecule has 9 heteroatoms. The minimum atomic E-state index is -2.17. The molecule has 0 aliphatic carbocycles. The summed E-state index contributed by atoms with van der Waals surface area (Å²) in [4.78, 5) is 0. The van der Waals surface area contributed by atoms with Crippen LogP contribution < -0.4 is 17.0 Å². The Morgan fingerprint density at radius 3 is 2.05 bits per heavy atom. The predicted molar refractivity (Wildman–Crippen MR) is 51.9 cm³/mol. The van der Waals surface area contributed by atoms with Crippen molar-refractivity contribution in [3.05, 3.63) is 41.2 Å². The fourth-order valence-electron chi connectivity index (χ4n) is 2.10. The van der Waals surface area contributed by atoms with E-state index in [9.17, 15) is 22.0 Å². The lowest BCUT2D eigenvalue weighted by molar-refractivity contribution is -0.691. The number of aryl methyl sites for hydroxylation is 2. The van der Waals surface area contributed by atoms with Crippen LogP contribution in [0.1, 0.15) is 12.2 Å². The van der Waals surface area contributed by atoms with E-state index in [0.29, 0.717) is 23.5 Å². The lowest BCUT2D eigenvalue weighted by Gasteiger charge is -2.03. The number of benzene rings is 1. The summed E-state index contributed by atoms with van der Waals surface area (Å²) in [6.45, 7) is 0.602. The Kier molecular flexibility index (Phi) is 3.68. The molecule has 108 valence electrons. The maximum absolute atomic E-state index is 13.6. The number of rotatable bonds is 1. The lowest BCUT2D eigenvalue weighted by atomic mass is 10.2. The van der Waals surface area contributed by atoms with Gasteiger partial charge in [0.15, 0.2) is 0 Å². The van der Waals surface area contributed by atoms with E-state index in [4.69, 9.17) is 0 Å². The molecule has 2 aromatic rings. The predicted octanol–water partition coefficient (Wildman–Crippen LogP) is -1.19. The number of fused-ring (bicyclic) bond motifs is 1. The fraction of sp³-hybridized carbons (Fsp3) is 0.273. The molecular formula is C11H7ClF5N3. The van der Waals surface area contributed by atoms with Crippen molar-refractivity contribution in [2.75, 3.05) is 0 Å². The highest BCUT2D eigenvalue weighted by atomic mass is 35.5. The second-order valence-corrected chi connectivity index (χ2v) is 4.19. The maximum atomic E-state index is 13.6. The van der Waals surface area contributed by atoms with Crippen LogP contribution in [0.2, 0.25) is 0 Å². The molecule has 0 fully saturated rings. The zero-order valence-electron chi connectivity index (χ0n) is 9.81. The molecule has 0 amide bonds. The third kappa shape index (κ3) is 1.94. The lowest BCUT2D eigenvalue weighted by Crippen LogP contribution is -3.00. The second kappa shape index (κ2) is 5.01. The van der Waals surface area contributed by atoms with E-state index < -0.39 is 34.8 Å². The van der Waals surface area contributed by atoms with Crippen LogP contribution in [0.15, 0.2) is 6.33 Å². The number of hydrogen-bond donors (Lipinski definition) is 0. The van der Waals surface area contributed by atoms with Gasteiger partial charge < -0.3 is 12.4 Å². The van der Waals surface area contributed by atoms with Crippen molar-refractivity contribution in [2.24, 2.45) is 0 Å². The molecule has 3 nitrogen and oxygen atoms in total. The fourth-order valence-corrected chi connectivity index (χ4v) is 2.10. The molecule has 1 aromatic carbocycles. The SMILES string of the molecule is Fc1c(F)c(F)c(-n2c[n+]3c(n2)CCC3)c(F)c1F.[Cl-]. The summed E-state index contributed by atoms with van der Waals surface area (Å²) in [5.41, 5.74) is -1.06. The summed E-state index contributed by atoms with van der Waals surface area (Å²) in [6.07, 6.45) is 2.66. The van der Waals surface area contributed by atoms with Crippen molar-refractivity contribution in [3.8, 4) is 5.69 Å². The maximum Gasteiger partial charge on any atom is 0.278 e. The Balaban J connectivity index is 0.00000147. The van der Waals surface area contributed by atoms with Gasteiger partial charge in [-0.05, 0) is 6.42 Å². The quantitative estimate of drug-likeness (QED) is 0.281. The summed E-state index contributed by atoms with van der Waals surface area (Å²) in [5.74, 6) is -9.37. The highest BCUT2D eigenvalue weighted by Gasteiger charge is 2.32. The molecule has 3 rings (SSSR count). The molecule has 0 spiro atoms. The van der Waals surface area contributed by atoms with Crippen LogP contribution in [-0.4, -0.2) is 9.78 Å². The van der Waals surface area contributed by atoms with E-state index in [1.807, 2.05) is 0 Å². The Bertz CT molecular complexity index is 635. The van der Waals surface area contributed by atoms with E-state index in [0.717, 1.165) is 6.42 Å². The van der Waals surface area contributed by atoms with Crippen molar-refractivity contribution in [1.82, 2.24) is 9.78 Å². The first kappa shape index (κ1) is 14.7. The summed E-state index contributed by atoms with van der Waals surface area (Å²) < 4.78 is 68.5. The van der Waals surface area contributed by atoms with Crippen LogP contribution in [0, 0.1) is 29.1 Å². The highest BCUT2D eigenvalue weighted by molar-refractivity contribution is 5.36. The first-order chi connectivity index (χ1) is 9.00. The molecule has 0 saturated carbocycles. The van der Waals surface area contributed by atoms with Gasteiger partial charge in [-0.15, -0.1) is 0 Å². The van der Waals surface area contributed by atoms with Gasteiger partial charge in [0, 0.05) is 11.5 Å². The van der Waals surface area contributed by atoms with Gasteiger partial charge in [-0.1, -0.05) is 4.68 Å². The largest absolute Gasteiger partial charge is 1.00 e. The van der Waals surface area contributed by atoms with Gasteiger partial charge in [0.05, 0.1) is 6.54 Å². The zero-order chi connectivity index (χ0) is 13.7. The number of aromatic nitrogens is 3. The standard InChI is InChI=1S/C11H7F5N3.ClH/c12-6-7(13)9(15)11(10(16)8(6)14)19-4-18-3-1-2-5(18)17-19;/h4H,1-3H2;1H/q+1;/p-1. The van der Waals surface area contributed by atoms with Crippen LogP contribution in [0.4, 0.5) is 22.0 Å². The summed E-state index contributed by atoms with van der Waals surface area (Å²) in [7, 11) is 0. The molecular weight excluding hydrogens is 305 g/mol. The molecule has 1 aliphatic rings. The van der Waals surface area contributed by atoms with Gasteiger partial charge in [0.2, 0.25) is 41.1 Å². The molecule has 1 aromatic heterocycles. The van der Waals surface area contributed by atoms with Crippen molar-refractivity contribution in [3.63, 3.8) is 0 Å². The van der Waals surface area contributed by atoms with Crippen LogP contribution in [0.5, 0.6) is 0 Å². The minimum absolute atomic E-state index is 0. The molecule has 0 radical (unpaired) electrons. The van der Waals surface area contributed by atoms with Gasteiger partial charge in [-0.3, -0.25) is 0 Å². The molecule has 2 heterocycles. The van der Waals surface area contributed by atoms with Gasteiger partial charge in [-0.2, -0.15) is 8.78 Å². The number of hydrogen-bond acceptors (Lipinski definition) is 1. The normalized spacial score (nSPS) is 13.2. The van der Waals surface area contributed by atoms with Crippen LogP contribution in [0.25, 0.3) is 5.69 Å². The minimum Gasteiger partial charge on any atom is -1.00 e. The first-order valence-electron chi connectivity index (χ1n) is 5.50. The van der Waals surface area contributed by atoms with Crippen molar-refractivity contribution < 1.29 is 38.9 Å². The first-order valence-corrected chi connectivity index (χ1v) is 5.50. The van der Waals surface area contributed by atoms with E-state index in [2.05, 4.69) is 5.10 Å². The van der Waals surface area contributed by atoms with E-state index in [-0.39, 0.29) is 12.4 Å². The van der Waals surface area contributed by atoms with Gasteiger partial charge in [0.1, 0.15) is 0 Å².